The number of pyridine rings is 1. The Hall–Kier alpha value is -2.97. The summed E-state index contributed by atoms with van der Waals surface area (Å²) < 4.78 is 18.0. The molecule has 0 amide bonds. The first-order valence-corrected chi connectivity index (χ1v) is 11.4. The van der Waals surface area contributed by atoms with Crippen LogP contribution in [-0.4, -0.2) is 41.3 Å². The van der Waals surface area contributed by atoms with Gasteiger partial charge >= 0.3 is 0 Å². The Balaban J connectivity index is 1.43. The highest BCUT2D eigenvalue weighted by Gasteiger charge is 2.28. The average Bonchev–Trinajstić information content (AvgIpc) is 3.15. The molecule has 7 nitrogen and oxygen atoms in total. The van der Waals surface area contributed by atoms with E-state index in [0.29, 0.717) is 13.2 Å². The molecule has 8 heteroatoms. The predicted octanol–water partition coefficient (Wildman–Crippen LogP) is 4.76. The van der Waals surface area contributed by atoms with Crippen LogP contribution in [0.25, 0.3) is 20.4 Å². The highest BCUT2D eigenvalue weighted by atomic mass is 32.1. The Morgan fingerprint density at radius 1 is 1.19 bits per heavy atom. The summed E-state index contributed by atoms with van der Waals surface area (Å²) in [7, 11) is 3.32. The molecule has 0 saturated carbocycles. The lowest BCUT2D eigenvalue weighted by molar-refractivity contribution is -0.0411. The molecule has 0 radical (unpaired) electrons. The molecule has 166 valence electrons. The van der Waals surface area contributed by atoms with Crippen molar-refractivity contribution in [2.45, 2.75) is 38.9 Å². The number of ether oxygens (including phenoxy) is 3. The largest absolute Gasteiger partial charge is 0.493 e. The molecular formula is C24H26N4O3S. The molecule has 0 atom stereocenters. The highest BCUT2D eigenvalue weighted by molar-refractivity contribution is 7.25. The van der Waals surface area contributed by atoms with E-state index in [1.807, 2.05) is 12.1 Å². The smallest absolute Gasteiger partial charge is 0.163 e. The van der Waals surface area contributed by atoms with E-state index in [0.717, 1.165) is 67.4 Å². The third-order valence-electron chi connectivity index (χ3n) is 5.80. The molecule has 0 spiro atoms. The number of nitrogens with zero attached hydrogens (tertiary/aromatic N) is 3. The van der Waals surface area contributed by atoms with Crippen molar-refractivity contribution in [3.63, 3.8) is 0 Å². The summed E-state index contributed by atoms with van der Waals surface area (Å²) in [6, 6.07) is 8.11. The van der Waals surface area contributed by atoms with E-state index in [4.69, 9.17) is 19.2 Å². The third-order valence-corrected chi connectivity index (χ3v) is 6.89. The van der Waals surface area contributed by atoms with E-state index >= 15 is 0 Å². The maximum Gasteiger partial charge on any atom is 0.163 e. The Kier molecular flexibility index (Phi) is 5.35. The van der Waals surface area contributed by atoms with Crippen molar-refractivity contribution >= 4 is 37.6 Å². The van der Waals surface area contributed by atoms with Crippen molar-refractivity contribution in [2.24, 2.45) is 0 Å². The van der Waals surface area contributed by atoms with Crippen molar-refractivity contribution < 1.29 is 14.2 Å². The molecule has 0 fully saturated rings. The lowest BCUT2D eigenvalue weighted by Crippen LogP contribution is -2.32. The molecule has 0 bridgehead atoms. The van der Waals surface area contributed by atoms with Gasteiger partial charge in [0.2, 0.25) is 0 Å². The average molecular weight is 451 g/mol. The molecule has 4 heterocycles. The maximum absolute atomic E-state index is 5.98. The number of nitrogens with one attached hydrogen (secondary N) is 1. The van der Waals surface area contributed by atoms with Crippen LogP contribution in [-0.2, 0) is 24.2 Å². The number of aromatic nitrogens is 3. The number of hydrogen-bond donors (Lipinski definition) is 1. The second-order valence-electron chi connectivity index (χ2n) is 8.50. The van der Waals surface area contributed by atoms with Gasteiger partial charge in [-0.1, -0.05) is 12.1 Å². The van der Waals surface area contributed by atoms with Crippen LogP contribution in [0.1, 0.15) is 30.7 Å². The fraction of sp³-hybridized carbons (Fsp3) is 0.375. The van der Waals surface area contributed by atoms with E-state index < -0.39 is 0 Å². The van der Waals surface area contributed by atoms with Crippen LogP contribution in [0.2, 0.25) is 0 Å². The van der Waals surface area contributed by atoms with Crippen LogP contribution in [0.5, 0.6) is 11.5 Å². The molecule has 3 aromatic heterocycles. The van der Waals surface area contributed by atoms with Crippen LogP contribution >= 0.6 is 11.3 Å². The van der Waals surface area contributed by atoms with Gasteiger partial charge in [0.15, 0.2) is 11.5 Å². The molecule has 1 N–H and O–H groups in total. The van der Waals surface area contributed by atoms with Crippen LogP contribution in [0.4, 0.5) is 5.82 Å². The molecular weight excluding hydrogens is 424 g/mol. The first-order valence-electron chi connectivity index (χ1n) is 10.6. The number of hydrogen-bond acceptors (Lipinski definition) is 8. The zero-order valence-corrected chi connectivity index (χ0v) is 19.5. The van der Waals surface area contributed by atoms with Gasteiger partial charge in [0.25, 0.3) is 0 Å². The minimum atomic E-state index is -0.182. The number of fused-ring (bicyclic) bond motifs is 4. The maximum atomic E-state index is 5.98. The summed E-state index contributed by atoms with van der Waals surface area (Å²) in [6.45, 7) is 5.51. The second-order valence-corrected chi connectivity index (χ2v) is 9.50. The van der Waals surface area contributed by atoms with E-state index in [-0.39, 0.29) is 5.60 Å². The first-order chi connectivity index (χ1) is 15.5. The first kappa shape index (κ1) is 20.9. The van der Waals surface area contributed by atoms with E-state index in [1.54, 1.807) is 31.9 Å². The van der Waals surface area contributed by atoms with Gasteiger partial charge in [-0.05, 0) is 38.0 Å². The zero-order chi connectivity index (χ0) is 22.3. The normalized spacial score (nSPS) is 15.0. The third kappa shape index (κ3) is 3.73. The van der Waals surface area contributed by atoms with E-state index in [2.05, 4.69) is 41.3 Å². The van der Waals surface area contributed by atoms with Crippen LogP contribution in [0, 0.1) is 0 Å². The van der Waals surface area contributed by atoms with Gasteiger partial charge < -0.3 is 19.5 Å². The molecule has 0 aliphatic carbocycles. The van der Waals surface area contributed by atoms with Gasteiger partial charge in [-0.3, -0.25) is 0 Å². The molecule has 0 saturated heterocycles. The van der Waals surface area contributed by atoms with Crippen molar-refractivity contribution in [1.29, 1.82) is 0 Å². The number of methoxy groups -OCH3 is 2. The van der Waals surface area contributed by atoms with Gasteiger partial charge in [-0.2, -0.15) is 0 Å². The summed E-state index contributed by atoms with van der Waals surface area (Å²) >= 11 is 1.64. The number of benzene rings is 1. The van der Waals surface area contributed by atoms with Gasteiger partial charge in [0, 0.05) is 23.9 Å². The van der Waals surface area contributed by atoms with Crippen molar-refractivity contribution in [2.75, 3.05) is 26.1 Å². The van der Waals surface area contributed by atoms with Gasteiger partial charge in [-0.25, -0.2) is 15.0 Å². The SMILES string of the molecule is COc1cccc(CCNc2ncnc3c2sc2nc4c(cc23)COC(C)(C)C4)c1OC. The van der Waals surface area contributed by atoms with Crippen molar-refractivity contribution in [3.05, 3.63) is 47.4 Å². The number of para-hydroxylation sites is 1. The summed E-state index contributed by atoms with van der Waals surface area (Å²) in [4.78, 5) is 15.0. The monoisotopic (exact) mass is 450 g/mol. The van der Waals surface area contributed by atoms with Crippen LogP contribution in [0.3, 0.4) is 0 Å². The molecule has 4 aromatic rings. The number of rotatable bonds is 6. The fourth-order valence-corrected chi connectivity index (χ4v) is 5.27. The quantitative estimate of drug-likeness (QED) is 0.454. The standard InChI is InChI=1S/C24H26N4O3S/c1-24(2)11-17-15(12-31-24)10-16-19-21(32-23(16)28-17)22(27-13-26-19)25-9-8-14-6-5-7-18(29-3)20(14)30-4/h5-7,10,13H,8-9,11-12H2,1-4H3,(H,25,26,27). The molecule has 1 aliphatic heterocycles. The van der Waals surface area contributed by atoms with Gasteiger partial charge in [0.1, 0.15) is 17.0 Å². The summed E-state index contributed by atoms with van der Waals surface area (Å²) in [5.74, 6) is 2.34. The highest BCUT2D eigenvalue weighted by Crippen LogP contribution is 2.38. The minimum absolute atomic E-state index is 0.182. The van der Waals surface area contributed by atoms with E-state index in [9.17, 15) is 0 Å². The Morgan fingerprint density at radius 2 is 2.06 bits per heavy atom. The summed E-state index contributed by atoms with van der Waals surface area (Å²) in [6.07, 6.45) is 3.20. The predicted molar refractivity (Wildman–Crippen MR) is 127 cm³/mol. The summed E-state index contributed by atoms with van der Waals surface area (Å²) in [5, 5.41) is 4.54. The number of thiophene rings is 1. The lowest BCUT2D eigenvalue weighted by atomic mass is 9.95. The van der Waals surface area contributed by atoms with Gasteiger partial charge in [0.05, 0.1) is 42.3 Å². The zero-order valence-electron chi connectivity index (χ0n) is 18.7. The number of anilines is 1. The Morgan fingerprint density at radius 3 is 2.88 bits per heavy atom. The van der Waals surface area contributed by atoms with Crippen LogP contribution in [0.15, 0.2) is 30.6 Å². The lowest BCUT2D eigenvalue weighted by Gasteiger charge is -2.30. The molecule has 32 heavy (non-hydrogen) atoms. The second kappa shape index (κ2) is 8.18. The van der Waals surface area contributed by atoms with E-state index in [1.165, 1.54) is 0 Å². The summed E-state index contributed by atoms with van der Waals surface area (Å²) in [5.41, 5.74) is 4.10. The molecule has 5 rings (SSSR count). The Bertz CT molecular complexity index is 1300. The van der Waals surface area contributed by atoms with Crippen molar-refractivity contribution in [3.8, 4) is 11.5 Å². The van der Waals surface area contributed by atoms with Gasteiger partial charge in [-0.15, -0.1) is 11.3 Å². The molecule has 1 aromatic carbocycles. The topological polar surface area (TPSA) is 78.4 Å². The van der Waals surface area contributed by atoms with Crippen molar-refractivity contribution in [1.82, 2.24) is 15.0 Å². The Labute approximate surface area is 190 Å². The minimum Gasteiger partial charge on any atom is -0.493 e. The van der Waals surface area contributed by atoms with Crippen LogP contribution < -0.4 is 14.8 Å². The molecule has 1 aliphatic rings. The molecule has 0 unspecified atom stereocenters. The fourth-order valence-electron chi connectivity index (χ4n) is 4.18.